The summed E-state index contributed by atoms with van der Waals surface area (Å²) in [6.07, 6.45) is 7.59. The van der Waals surface area contributed by atoms with E-state index in [1.54, 1.807) is 6.26 Å². The number of imidazole rings is 1. The third-order valence-corrected chi connectivity index (χ3v) is 3.77. The Bertz CT molecular complexity index is 765. The van der Waals surface area contributed by atoms with Crippen molar-refractivity contribution in [1.82, 2.24) is 19.5 Å². The van der Waals surface area contributed by atoms with Gasteiger partial charge < -0.3 is 14.3 Å². The molecule has 1 saturated carbocycles. The molecule has 3 heterocycles. The summed E-state index contributed by atoms with van der Waals surface area (Å²) in [5.41, 5.74) is 1.80. The summed E-state index contributed by atoms with van der Waals surface area (Å²) in [6.45, 7) is 1.37. The topological polar surface area (TPSA) is 64.5 Å². The van der Waals surface area contributed by atoms with Crippen molar-refractivity contribution < 1.29 is 9.21 Å². The maximum atomic E-state index is 11.6. The van der Waals surface area contributed by atoms with Crippen LogP contribution in [-0.2, 0) is 11.3 Å². The first-order valence-corrected chi connectivity index (χ1v) is 7.17. The largest absolute Gasteiger partial charge is 0.463 e. The van der Waals surface area contributed by atoms with Crippen molar-refractivity contribution in [3.63, 3.8) is 0 Å². The van der Waals surface area contributed by atoms with Crippen LogP contribution in [0.15, 0.2) is 41.3 Å². The zero-order valence-corrected chi connectivity index (χ0v) is 11.5. The number of rotatable bonds is 5. The van der Waals surface area contributed by atoms with Crippen LogP contribution in [0.5, 0.6) is 0 Å². The number of nitrogens with zero attached hydrogens (tertiary/aromatic N) is 3. The molecule has 0 bridgehead atoms. The summed E-state index contributed by atoms with van der Waals surface area (Å²) < 4.78 is 9.26. The average molecular weight is 284 g/mol. The van der Waals surface area contributed by atoms with Crippen LogP contribution in [0.25, 0.3) is 17.1 Å². The second-order valence-corrected chi connectivity index (χ2v) is 5.37. The number of amides is 1. The van der Waals surface area contributed by atoms with Gasteiger partial charge in [-0.05, 0) is 25.0 Å². The van der Waals surface area contributed by atoms with Crippen LogP contribution in [0.4, 0.5) is 0 Å². The summed E-state index contributed by atoms with van der Waals surface area (Å²) in [6, 6.07) is 5.73. The van der Waals surface area contributed by atoms with Gasteiger partial charge in [-0.25, -0.2) is 4.52 Å². The Hall–Kier alpha value is -2.50. The van der Waals surface area contributed by atoms with Crippen molar-refractivity contribution in [2.45, 2.75) is 19.4 Å². The van der Waals surface area contributed by atoms with Crippen LogP contribution in [0, 0.1) is 5.92 Å². The molecule has 4 rings (SSSR count). The summed E-state index contributed by atoms with van der Waals surface area (Å²) in [4.78, 5) is 11.6. The van der Waals surface area contributed by atoms with Gasteiger partial charge in [-0.15, -0.1) is 0 Å². The van der Waals surface area contributed by atoms with E-state index < -0.39 is 0 Å². The van der Waals surface area contributed by atoms with Gasteiger partial charge in [0.2, 0.25) is 5.91 Å². The highest BCUT2D eigenvalue weighted by Gasteiger charge is 2.29. The lowest BCUT2D eigenvalue weighted by Gasteiger charge is -2.05. The molecule has 6 nitrogen and oxygen atoms in total. The molecule has 1 amide bonds. The predicted octanol–water partition coefficient (Wildman–Crippen LogP) is 1.92. The van der Waals surface area contributed by atoms with Crippen molar-refractivity contribution >= 4 is 11.6 Å². The van der Waals surface area contributed by atoms with Crippen molar-refractivity contribution in [2.75, 3.05) is 6.54 Å². The Kier molecular flexibility index (Phi) is 2.80. The van der Waals surface area contributed by atoms with E-state index in [0.717, 1.165) is 36.5 Å². The quantitative estimate of drug-likeness (QED) is 0.778. The zero-order chi connectivity index (χ0) is 14.2. The van der Waals surface area contributed by atoms with Gasteiger partial charge in [0.25, 0.3) is 0 Å². The Morgan fingerprint density at radius 2 is 2.33 bits per heavy atom. The molecule has 108 valence electrons. The Labute approximate surface area is 121 Å². The number of fused-ring (bicyclic) bond motifs is 1. The molecule has 1 fully saturated rings. The molecule has 0 spiro atoms. The van der Waals surface area contributed by atoms with E-state index in [1.165, 1.54) is 0 Å². The number of aromatic nitrogens is 3. The lowest BCUT2D eigenvalue weighted by Crippen LogP contribution is -2.28. The molecule has 0 unspecified atom stereocenters. The summed E-state index contributed by atoms with van der Waals surface area (Å²) >= 11 is 0. The lowest BCUT2D eigenvalue weighted by atomic mass is 10.3. The zero-order valence-electron chi connectivity index (χ0n) is 11.5. The second kappa shape index (κ2) is 4.80. The van der Waals surface area contributed by atoms with Gasteiger partial charge in [0.15, 0.2) is 5.76 Å². The summed E-state index contributed by atoms with van der Waals surface area (Å²) in [5, 5.41) is 7.45. The fraction of sp³-hybridized carbons (Fsp3) is 0.333. The van der Waals surface area contributed by atoms with Crippen LogP contribution in [0.3, 0.4) is 0 Å². The summed E-state index contributed by atoms with van der Waals surface area (Å²) in [5.74, 6) is 1.20. The van der Waals surface area contributed by atoms with Crippen LogP contribution in [0.2, 0.25) is 0 Å². The van der Waals surface area contributed by atoms with E-state index in [4.69, 9.17) is 4.42 Å². The van der Waals surface area contributed by atoms with Gasteiger partial charge in [0.1, 0.15) is 11.3 Å². The first kappa shape index (κ1) is 12.3. The minimum absolute atomic E-state index is 0.183. The maximum Gasteiger partial charge on any atom is 0.223 e. The number of carbonyl (C=O) groups excluding carboxylic acids is 1. The first-order chi connectivity index (χ1) is 10.3. The monoisotopic (exact) mass is 284 g/mol. The molecule has 0 aliphatic heterocycles. The Morgan fingerprint density at radius 1 is 1.43 bits per heavy atom. The SMILES string of the molecule is O=C(NCCn1ccn2nc(-c3ccco3)cc12)C1CC1. The normalized spacial score (nSPS) is 14.7. The van der Waals surface area contributed by atoms with Gasteiger partial charge in [-0.3, -0.25) is 4.79 Å². The minimum atomic E-state index is 0.183. The van der Waals surface area contributed by atoms with E-state index in [9.17, 15) is 4.79 Å². The molecule has 3 aromatic heterocycles. The molecule has 0 radical (unpaired) electrons. The smallest absolute Gasteiger partial charge is 0.223 e. The van der Waals surface area contributed by atoms with E-state index in [-0.39, 0.29) is 11.8 Å². The first-order valence-electron chi connectivity index (χ1n) is 7.17. The third-order valence-electron chi connectivity index (χ3n) is 3.77. The molecule has 21 heavy (non-hydrogen) atoms. The highest BCUT2D eigenvalue weighted by Crippen LogP contribution is 2.28. The molecule has 1 N–H and O–H groups in total. The van der Waals surface area contributed by atoms with Gasteiger partial charge in [0.05, 0.1) is 6.26 Å². The van der Waals surface area contributed by atoms with E-state index in [1.807, 2.05) is 35.1 Å². The highest BCUT2D eigenvalue weighted by molar-refractivity contribution is 5.80. The van der Waals surface area contributed by atoms with Gasteiger partial charge in [0, 0.05) is 37.5 Å². The van der Waals surface area contributed by atoms with Crippen LogP contribution in [-0.4, -0.2) is 26.6 Å². The van der Waals surface area contributed by atoms with Crippen LogP contribution in [0.1, 0.15) is 12.8 Å². The number of hydrogen-bond acceptors (Lipinski definition) is 3. The molecule has 0 atom stereocenters. The molecule has 6 heteroatoms. The number of carbonyl (C=O) groups is 1. The Morgan fingerprint density at radius 3 is 3.10 bits per heavy atom. The minimum Gasteiger partial charge on any atom is -0.463 e. The number of hydrogen-bond donors (Lipinski definition) is 1. The third kappa shape index (κ3) is 2.33. The molecule has 0 saturated heterocycles. The van der Waals surface area contributed by atoms with Crippen molar-refractivity contribution in [2.24, 2.45) is 5.92 Å². The van der Waals surface area contributed by atoms with Crippen molar-refractivity contribution in [3.05, 3.63) is 36.9 Å². The molecule has 1 aliphatic carbocycles. The standard InChI is InChI=1S/C15H16N4O2/c20-15(11-3-4-11)16-5-6-18-7-8-19-14(18)10-12(17-19)13-2-1-9-21-13/h1-2,7-11H,3-6H2,(H,16,20). The number of nitrogens with one attached hydrogen (secondary N) is 1. The lowest BCUT2D eigenvalue weighted by molar-refractivity contribution is -0.122. The van der Waals surface area contributed by atoms with E-state index >= 15 is 0 Å². The Balaban J connectivity index is 1.48. The second-order valence-electron chi connectivity index (χ2n) is 5.37. The fourth-order valence-electron chi connectivity index (χ4n) is 2.45. The van der Waals surface area contributed by atoms with Gasteiger partial charge in [-0.2, -0.15) is 5.10 Å². The van der Waals surface area contributed by atoms with Crippen molar-refractivity contribution in [1.29, 1.82) is 0 Å². The predicted molar refractivity (Wildman–Crippen MR) is 76.6 cm³/mol. The van der Waals surface area contributed by atoms with Crippen LogP contribution < -0.4 is 5.32 Å². The molecule has 1 aliphatic rings. The fourth-order valence-corrected chi connectivity index (χ4v) is 2.45. The maximum absolute atomic E-state index is 11.6. The molecular weight excluding hydrogens is 268 g/mol. The molecule has 3 aromatic rings. The highest BCUT2D eigenvalue weighted by atomic mass is 16.3. The van der Waals surface area contributed by atoms with E-state index in [0.29, 0.717) is 6.54 Å². The van der Waals surface area contributed by atoms with Gasteiger partial charge in [-0.1, -0.05) is 0 Å². The molecular formula is C15H16N4O2. The average Bonchev–Trinajstić information content (AvgIpc) is 2.88. The van der Waals surface area contributed by atoms with Gasteiger partial charge >= 0.3 is 0 Å². The molecule has 0 aromatic carbocycles. The van der Waals surface area contributed by atoms with E-state index in [2.05, 4.69) is 15.0 Å². The number of furan rings is 1. The van der Waals surface area contributed by atoms with Crippen molar-refractivity contribution in [3.8, 4) is 11.5 Å². The summed E-state index contributed by atoms with van der Waals surface area (Å²) in [7, 11) is 0. The van der Waals surface area contributed by atoms with Crippen LogP contribution >= 0.6 is 0 Å².